The quantitative estimate of drug-likeness (QED) is 0.0263. The van der Waals surface area contributed by atoms with Gasteiger partial charge in [-0.1, -0.05) is 72.8 Å². The number of benzene rings is 6. The van der Waals surface area contributed by atoms with Crippen LogP contribution in [0.25, 0.3) is 33.4 Å². The zero-order valence-corrected chi connectivity index (χ0v) is 45.4. The second kappa shape index (κ2) is 35.8. The van der Waals surface area contributed by atoms with Gasteiger partial charge in [-0.05, 0) is 82.9 Å². The molecule has 0 radical (unpaired) electrons. The van der Waals surface area contributed by atoms with Crippen LogP contribution in [0, 0.1) is 0 Å². The van der Waals surface area contributed by atoms with Gasteiger partial charge < -0.3 is 66.3 Å². The van der Waals surface area contributed by atoms with Gasteiger partial charge in [-0.2, -0.15) is 0 Å². The third-order valence-electron chi connectivity index (χ3n) is 12.0. The van der Waals surface area contributed by atoms with Crippen LogP contribution in [0.1, 0.15) is 31.8 Å². The van der Waals surface area contributed by atoms with Crippen molar-refractivity contribution in [2.45, 2.75) is 0 Å². The van der Waals surface area contributed by atoms with Crippen molar-refractivity contribution in [1.82, 2.24) is 0 Å². The van der Waals surface area contributed by atoms with E-state index in [1.807, 2.05) is 84.9 Å². The molecule has 16 nitrogen and oxygen atoms in total. The average Bonchev–Trinajstić information content (AvgIpc) is 3.50. The molecule has 6 rings (SSSR count). The topological polar surface area (TPSA) is 163 Å². The summed E-state index contributed by atoms with van der Waals surface area (Å²) in [6, 6.07) is 41.3. The Morgan fingerprint density at radius 3 is 0.795 bits per heavy atom. The number of carbonyl (C=O) groups is 2. The summed E-state index contributed by atoms with van der Waals surface area (Å²) in [5, 5.41) is 0. The predicted octanol–water partition coefficient (Wildman–Crippen LogP) is 9.35. The van der Waals surface area contributed by atoms with Crippen LogP contribution >= 0.6 is 0 Å². The second-order valence-corrected chi connectivity index (χ2v) is 17.3. The lowest BCUT2D eigenvalue weighted by molar-refractivity contribution is -0.00978. The SMILES string of the molecule is COCCOCCOCCOCCOCCOc1ccc(C(=O)c2ccc(-c3ccc(-c4ccc(-c5ccc(C(=O)c6ccc(OCCOCCOCCOCCOCCOC)cc6)cc5)c(OC)c4)cc3OC)cc2)cc1. The number of ketones is 2. The highest BCUT2D eigenvalue weighted by molar-refractivity contribution is 6.10. The maximum atomic E-state index is 13.4. The Bertz CT molecular complexity index is 2440. The number of rotatable bonds is 41. The van der Waals surface area contributed by atoms with Crippen molar-refractivity contribution >= 4 is 11.6 Å². The van der Waals surface area contributed by atoms with Gasteiger partial charge in [0.2, 0.25) is 0 Å². The van der Waals surface area contributed by atoms with Crippen LogP contribution in [0.3, 0.4) is 0 Å². The molecule has 418 valence electrons. The minimum absolute atomic E-state index is 0.0952. The fourth-order valence-corrected chi connectivity index (χ4v) is 7.80. The first-order valence-electron chi connectivity index (χ1n) is 26.1. The number of hydrogen-bond donors (Lipinski definition) is 0. The largest absolute Gasteiger partial charge is 0.496 e. The third kappa shape index (κ3) is 20.7. The number of ether oxygens (including phenoxy) is 14. The van der Waals surface area contributed by atoms with Crippen molar-refractivity contribution in [2.24, 2.45) is 0 Å². The smallest absolute Gasteiger partial charge is 0.193 e. The van der Waals surface area contributed by atoms with E-state index < -0.39 is 0 Å². The molecule has 0 unspecified atom stereocenters. The van der Waals surface area contributed by atoms with Crippen molar-refractivity contribution in [3.8, 4) is 56.4 Å². The van der Waals surface area contributed by atoms with Crippen LogP contribution in [0.5, 0.6) is 23.0 Å². The second-order valence-electron chi connectivity index (χ2n) is 17.3. The Morgan fingerprint density at radius 1 is 0.282 bits per heavy atom. The van der Waals surface area contributed by atoms with Gasteiger partial charge in [0.05, 0.1) is 133 Å². The summed E-state index contributed by atoms with van der Waals surface area (Å²) in [6.07, 6.45) is 0. The molecular weight excluding hydrogens is 1000 g/mol. The Morgan fingerprint density at radius 2 is 0.526 bits per heavy atom. The van der Waals surface area contributed by atoms with E-state index in [0.29, 0.717) is 177 Å². The van der Waals surface area contributed by atoms with E-state index in [0.717, 1.165) is 33.4 Å². The fourth-order valence-electron chi connectivity index (χ4n) is 7.80. The van der Waals surface area contributed by atoms with Gasteiger partial charge in [0.1, 0.15) is 36.2 Å². The Hall–Kier alpha value is -6.54. The highest BCUT2D eigenvalue weighted by Crippen LogP contribution is 2.38. The van der Waals surface area contributed by atoms with Crippen LogP contribution in [0.15, 0.2) is 133 Å². The monoisotopic (exact) mass is 1070 g/mol. The van der Waals surface area contributed by atoms with Crippen LogP contribution in [-0.2, 0) is 47.4 Å². The normalized spacial score (nSPS) is 11.2. The summed E-state index contributed by atoms with van der Waals surface area (Å²) in [7, 11) is 6.56. The molecule has 6 aromatic carbocycles. The van der Waals surface area contributed by atoms with Crippen LogP contribution < -0.4 is 18.9 Å². The molecule has 0 atom stereocenters. The van der Waals surface area contributed by atoms with Crippen molar-refractivity contribution in [3.63, 3.8) is 0 Å². The number of hydrogen-bond acceptors (Lipinski definition) is 16. The molecule has 0 N–H and O–H groups in total. The molecule has 0 spiro atoms. The van der Waals surface area contributed by atoms with Crippen molar-refractivity contribution < 1.29 is 75.9 Å². The minimum Gasteiger partial charge on any atom is -0.496 e. The fraction of sp³-hybridized carbons (Fsp3) is 0.387. The molecular formula is C62H74O16. The van der Waals surface area contributed by atoms with E-state index in [-0.39, 0.29) is 11.6 Å². The Balaban J connectivity index is 0.910. The molecule has 0 saturated heterocycles. The Kier molecular flexibility index (Phi) is 27.8. The summed E-state index contributed by atoms with van der Waals surface area (Å²) in [6.45, 7) is 9.66. The predicted molar refractivity (Wildman–Crippen MR) is 297 cm³/mol. The van der Waals surface area contributed by atoms with Gasteiger partial charge in [0.15, 0.2) is 11.6 Å². The highest BCUT2D eigenvalue weighted by Gasteiger charge is 2.16. The van der Waals surface area contributed by atoms with Crippen LogP contribution in [0.2, 0.25) is 0 Å². The summed E-state index contributed by atoms with van der Waals surface area (Å²) >= 11 is 0. The lowest BCUT2D eigenvalue weighted by Crippen LogP contribution is -2.14. The van der Waals surface area contributed by atoms with E-state index in [2.05, 4.69) is 0 Å². The van der Waals surface area contributed by atoms with E-state index in [9.17, 15) is 9.59 Å². The lowest BCUT2D eigenvalue weighted by atomic mass is 9.95. The van der Waals surface area contributed by atoms with Gasteiger partial charge in [0.25, 0.3) is 0 Å². The highest BCUT2D eigenvalue weighted by atomic mass is 16.6. The van der Waals surface area contributed by atoms with E-state index >= 15 is 0 Å². The van der Waals surface area contributed by atoms with Gasteiger partial charge in [0, 0.05) is 47.6 Å². The molecule has 78 heavy (non-hydrogen) atoms. The minimum atomic E-state index is -0.0952. The van der Waals surface area contributed by atoms with Gasteiger partial charge in [-0.25, -0.2) is 0 Å². The summed E-state index contributed by atoms with van der Waals surface area (Å²) < 4.78 is 77.1. The molecule has 6 aromatic rings. The van der Waals surface area contributed by atoms with E-state index in [4.69, 9.17) is 66.3 Å². The van der Waals surface area contributed by atoms with E-state index in [1.54, 1.807) is 77.0 Å². The first kappa shape index (κ1) is 60.7. The molecule has 0 aromatic heterocycles. The van der Waals surface area contributed by atoms with E-state index in [1.165, 1.54) is 0 Å². The van der Waals surface area contributed by atoms with Crippen LogP contribution in [-0.4, -0.2) is 172 Å². The summed E-state index contributed by atoms with van der Waals surface area (Å²) in [5.74, 6) is 2.47. The molecule has 0 saturated carbocycles. The first-order chi connectivity index (χ1) is 38.4. The summed E-state index contributed by atoms with van der Waals surface area (Å²) in [5.41, 5.74) is 7.70. The number of methoxy groups -OCH3 is 4. The molecule has 0 bridgehead atoms. The van der Waals surface area contributed by atoms with Crippen LogP contribution in [0.4, 0.5) is 0 Å². The maximum Gasteiger partial charge on any atom is 0.193 e. The van der Waals surface area contributed by atoms with Gasteiger partial charge in [-0.3, -0.25) is 9.59 Å². The molecule has 0 amide bonds. The average molecular weight is 1080 g/mol. The third-order valence-corrected chi connectivity index (χ3v) is 12.0. The maximum absolute atomic E-state index is 13.4. The van der Waals surface area contributed by atoms with Gasteiger partial charge >= 0.3 is 0 Å². The number of carbonyl (C=O) groups excluding carboxylic acids is 2. The van der Waals surface area contributed by atoms with Crippen molar-refractivity contribution in [3.05, 3.63) is 156 Å². The zero-order chi connectivity index (χ0) is 54.8. The molecule has 16 heteroatoms. The molecule has 0 aliphatic rings. The molecule has 0 fully saturated rings. The Labute approximate surface area is 458 Å². The summed E-state index contributed by atoms with van der Waals surface area (Å²) in [4.78, 5) is 26.9. The van der Waals surface area contributed by atoms with Crippen molar-refractivity contribution in [2.75, 3.05) is 161 Å². The first-order valence-corrected chi connectivity index (χ1v) is 26.1. The standard InChI is InChI=1S/C62H74O16/c1-65-25-27-69-29-31-71-33-35-73-37-39-75-41-43-77-55-19-13-51(14-20-55)61(63)49-9-5-47(6-10-49)57-23-17-53(45-59(57)67-3)54-18-24-58(60(46-54)68-4)48-7-11-50(12-8-48)62(64)52-15-21-56(22-16-52)78-44-42-76-40-38-74-36-34-72-32-30-70-28-26-66-2/h5-24,45-46H,25-44H2,1-4H3. The van der Waals surface area contributed by atoms with Gasteiger partial charge in [-0.15, -0.1) is 0 Å². The zero-order valence-electron chi connectivity index (χ0n) is 45.4. The molecule has 0 heterocycles. The molecule has 0 aliphatic carbocycles. The van der Waals surface area contributed by atoms with Crippen molar-refractivity contribution in [1.29, 1.82) is 0 Å². The molecule has 0 aliphatic heterocycles. The lowest BCUT2D eigenvalue weighted by Gasteiger charge is -2.14.